The summed E-state index contributed by atoms with van der Waals surface area (Å²) in [6.07, 6.45) is 0.214. The van der Waals surface area contributed by atoms with E-state index in [1.165, 1.54) is 0 Å². The monoisotopic (exact) mass is 206 g/mol. The summed E-state index contributed by atoms with van der Waals surface area (Å²) >= 11 is 0. The highest BCUT2D eigenvalue weighted by molar-refractivity contribution is 5.98. The summed E-state index contributed by atoms with van der Waals surface area (Å²) in [5.41, 5.74) is 0.636. The number of hydrogen-bond acceptors (Lipinski definition) is 3. The second kappa shape index (κ2) is 4.55. The Morgan fingerprint density at radius 3 is 2.73 bits per heavy atom. The van der Waals surface area contributed by atoms with Gasteiger partial charge in [-0.2, -0.15) is 0 Å². The summed E-state index contributed by atoms with van der Waals surface area (Å²) in [5, 5.41) is 0. The van der Waals surface area contributed by atoms with Crippen LogP contribution in [0.4, 0.5) is 0 Å². The van der Waals surface area contributed by atoms with E-state index < -0.39 is 6.29 Å². The van der Waals surface area contributed by atoms with Crippen molar-refractivity contribution in [3.8, 4) is 0 Å². The van der Waals surface area contributed by atoms with Gasteiger partial charge in [0, 0.05) is 5.56 Å². The molecule has 0 unspecified atom stereocenters. The zero-order chi connectivity index (χ0) is 10.7. The second-order valence-corrected chi connectivity index (χ2v) is 3.67. The van der Waals surface area contributed by atoms with E-state index in [-0.39, 0.29) is 11.9 Å². The fraction of sp³-hybridized carbons (Fsp3) is 0.417. The lowest BCUT2D eigenvalue weighted by molar-refractivity contribution is -0.180. The maximum Gasteiger partial charge on any atom is 0.222 e. The Morgan fingerprint density at radius 2 is 2.07 bits per heavy atom. The van der Waals surface area contributed by atoms with Crippen molar-refractivity contribution in [2.24, 2.45) is 0 Å². The van der Waals surface area contributed by atoms with Crippen LogP contribution in [0.2, 0.25) is 0 Å². The van der Waals surface area contributed by atoms with Gasteiger partial charge in [-0.3, -0.25) is 4.79 Å². The first-order valence-electron chi connectivity index (χ1n) is 5.13. The first-order chi connectivity index (χ1) is 7.27. The molecule has 0 spiro atoms. The maximum atomic E-state index is 11.9. The Hall–Kier alpha value is -1.19. The van der Waals surface area contributed by atoms with E-state index in [1.807, 2.05) is 25.1 Å². The molecule has 0 N–H and O–H groups in total. The molecule has 1 aliphatic heterocycles. The SMILES string of the molecule is C[C@@H]1CCO[C@H](C(=O)c2ccccc2)O1. The van der Waals surface area contributed by atoms with Crippen molar-refractivity contribution in [1.29, 1.82) is 0 Å². The van der Waals surface area contributed by atoms with Crippen LogP contribution >= 0.6 is 0 Å². The van der Waals surface area contributed by atoms with Crippen LogP contribution in [0.5, 0.6) is 0 Å². The molecule has 0 bridgehead atoms. The van der Waals surface area contributed by atoms with Gasteiger partial charge in [0.05, 0.1) is 12.7 Å². The minimum atomic E-state index is -0.726. The normalized spacial score (nSPS) is 26.2. The molecule has 1 saturated heterocycles. The molecular formula is C12H14O3. The average molecular weight is 206 g/mol. The zero-order valence-electron chi connectivity index (χ0n) is 8.68. The van der Waals surface area contributed by atoms with Crippen molar-refractivity contribution in [2.45, 2.75) is 25.7 Å². The van der Waals surface area contributed by atoms with Gasteiger partial charge in [0.1, 0.15) is 0 Å². The molecular weight excluding hydrogens is 192 g/mol. The van der Waals surface area contributed by atoms with Crippen LogP contribution in [0.25, 0.3) is 0 Å². The quantitative estimate of drug-likeness (QED) is 0.694. The smallest absolute Gasteiger partial charge is 0.222 e. The molecule has 0 saturated carbocycles. The van der Waals surface area contributed by atoms with Gasteiger partial charge in [0.15, 0.2) is 0 Å². The molecule has 3 heteroatoms. The molecule has 1 fully saturated rings. The molecule has 0 radical (unpaired) electrons. The van der Waals surface area contributed by atoms with E-state index >= 15 is 0 Å². The largest absolute Gasteiger partial charge is 0.346 e. The Balaban J connectivity index is 2.08. The Morgan fingerprint density at radius 1 is 1.33 bits per heavy atom. The molecule has 3 nitrogen and oxygen atoms in total. The summed E-state index contributed by atoms with van der Waals surface area (Å²) < 4.78 is 10.7. The summed E-state index contributed by atoms with van der Waals surface area (Å²) in [4.78, 5) is 11.9. The molecule has 2 atom stereocenters. The molecule has 1 aliphatic rings. The number of Topliss-reactive ketones (excluding diaryl/α,β-unsaturated/α-hetero) is 1. The van der Waals surface area contributed by atoms with Gasteiger partial charge in [0.25, 0.3) is 0 Å². The number of carbonyl (C=O) groups is 1. The van der Waals surface area contributed by atoms with Crippen LogP contribution in [-0.2, 0) is 9.47 Å². The van der Waals surface area contributed by atoms with Crippen LogP contribution in [0.3, 0.4) is 0 Å². The fourth-order valence-corrected chi connectivity index (χ4v) is 1.54. The second-order valence-electron chi connectivity index (χ2n) is 3.67. The highest BCUT2D eigenvalue weighted by Crippen LogP contribution is 2.16. The highest BCUT2D eigenvalue weighted by atomic mass is 16.7. The van der Waals surface area contributed by atoms with Crippen molar-refractivity contribution < 1.29 is 14.3 Å². The number of ether oxygens (including phenoxy) is 2. The van der Waals surface area contributed by atoms with Crippen LogP contribution in [0, 0.1) is 0 Å². The molecule has 1 heterocycles. The van der Waals surface area contributed by atoms with Gasteiger partial charge in [-0.15, -0.1) is 0 Å². The first-order valence-corrected chi connectivity index (χ1v) is 5.13. The number of hydrogen-bond donors (Lipinski definition) is 0. The van der Waals surface area contributed by atoms with Crippen LogP contribution in [-0.4, -0.2) is 24.8 Å². The lowest BCUT2D eigenvalue weighted by Crippen LogP contribution is -2.36. The lowest BCUT2D eigenvalue weighted by atomic mass is 10.1. The van der Waals surface area contributed by atoms with E-state index in [1.54, 1.807) is 12.1 Å². The van der Waals surface area contributed by atoms with Gasteiger partial charge in [0.2, 0.25) is 12.1 Å². The topological polar surface area (TPSA) is 35.5 Å². The molecule has 0 aromatic heterocycles. The highest BCUT2D eigenvalue weighted by Gasteiger charge is 2.27. The Kier molecular flexibility index (Phi) is 3.14. The molecule has 1 aromatic rings. The number of carbonyl (C=O) groups excluding carboxylic acids is 1. The zero-order valence-corrected chi connectivity index (χ0v) is 8.68. The number of rotatable bonds is 2. The van der Waals surface area contributed by atoms with Crippen LogP contribution < -0.4 is 0 Å². The predicted molar refractivity (Wildman–Crippen MR) is 55.7 cm³/mol. The van der Waals surface area contributed by atoms with Gasteiger partial charge >= 0.3 is 0 Å². The molecule has 1 aromatic carbocycles. The van der Waals surface area contributed by atoms with E-state index in [0.717, 1.165) is 6.42 Å². The third kappa shape index (κ3) is 2.43. The molecule has 80 valence electrons. The van der Waals surface area contributed by atoms with Crippen molar-refractivity contribution in [2.75, 3.05) is 6.61 Å². The van der Waals surface area contributed by atoms with Gasteiger partial charge in [-0.25, -0.2) is 0 Å². The fourth-order valence-electron chi connectivity index (χ4n) is 1.54. The third-order valence-corrected chi connectivity index (χ3v) is 2.42. The van der Waals surface area contributed by atoms with E-state index in [9.17, 15) is 4.79 Å². The summed E-state index contributed by atoms with van der Waals surface area (Å²) in [6, 6.07) is 9.09. The lowest BCUT2D eigenvalue weighted by Gasteiger charge is -2.26. The van der Waals surface area contributed by atoms with Crippen LogP contribution in [0.1, 0.15) is 23.7 Å². The molecule has 0 aliphatic carbocycles. The summed E-state index contributed by atoms with van der Waals surface area (Å²) in [6.45, 7) is 2.54. The number of ketones is 1. The minimum absolute atomic E-state index is 0.0939. The standard InChI is InChI=1S/C12H14O3/c1-9-7-8-14-12(15-9)11(13)10-5-3-2-4-6-10/h2-6,9,12H,7-8H2,1H3/t9-,12+/m1/s1. The molecule has 15 heavy (non-hydrogen) atoms. The van der Waals surface area contributed by atoms with Crippen molar-refractivity contribution in [3.05, 3.63) is 35.9 Å². The van der Waals surface area contributed by atoms with Gasteiger partial charge in [-0.1, -0.05) is 30.3 Å². The average Bonchev–Trinajstić information content (AvgIpc) is 2.29. The van der Waals surface area contributed by atoms with Crippen molar-refractivity contribution in [1.82, 2.24) is 0 Å². The minimum Gasteiger partial charge on any atom is -0.346 e. The van der Waals surface area contributed by atoms with E-state index in [0.29, 0.717) is 12.2 Å². The van der Waals surface area contributed by atoms with Crippen molar-refractivity contribution >= 4 is 5.78 Å². The van der Waals surface area contributed by atoms with Crippen molar-refractivity contribution in [3.63, 3.8) is 0 Å². The van der Waals surface area contributed by atoms with E-state index in [4.69, 9.17) is 9.47 Å². The van der Waals surface area contributed by atoms with Gasteiger partial charge < -0.3 is 9.47 Å². The summed E-state index contributed by atoms with van der Waals surface area (Å²) in [7, 11) is 0. The van der Waals surface area contributed by atoms with Gasteiger partial charge in [-0.05, 0) is 13.3 Å². The maximum absolute atomic E-state index is 11.9. The molecule has 2 rings (SSSR count). The van der Waals surface area contributed by atoms with E-state index in [2.05, 4.69) is 0 Å². The predicted octanol–water partition coefficient (Wildman–Crippen LogP) is 2.02. The Labute approximate surface area is 89.0 Å². The first kappa shape index (κ1) is 10.3. The number of benzene rings is 1. The Bertz CT molecular complexity index is 334. The third-order valence-electron chi connectivity index (χ3n) is 2.42. The van der Waals surface area contributed by atoms with Crippen LogP contribution in [0.15, 0.2) is 30.3 Å². The molecule has 0 amide bonds. The summed E-state index contributed by atoms with van der Waals surface area (Å²) in [5.74, 6) is -0.0952.